The SMILES string of the molecule is CN=C(N)Nc1cc(CC/C=C/C(=O)CCc2ccc(O)c(OC)c2)cc(O[C@]2(CNC)CC[C@H](CCC(=O)O)C2)c1O. The molecule has 0 aromatic heterocycles. The Bertz CT molecular complexity index is 1330. The van der Waals surface area contributed by atoms with E-state index >= 15 is 0 Å². The van der Waals surface area contributed by atoms with Crippen molar-refractivity contribution in [1.29, 1.82) is 0 Å². The number of phenolic OH excluding ortho intramolecular Hbond substituents is 2. The van der Waals surface area contributed by atoms with E-state index in [2.05, 4.69) is 15.6 Å². The number of aliphatic imine (C=N–C) groups is 1. The fourth-order valence-electron chi connectivity index (χ4n) is 5.49. The lowest BCUT2D eigenvalue weighted by molar-refractivity contribution is -0.137. The van der Waals surface area contributed by atoms with Crippen LogP contribution in [-0.2, 0) is 22.4 Å². The molecule has 7 N–H and O–H groups in total. The van der Waals surface area contributed by atoms with Crippen molar-refractivity contribution in [2.24, 2.45) is 16.6 Å². The maximum Gasteiger partial charge on any atom is 0.303 e. The van der Waals surface area contributed by atoms with Gasteiger partial charge in [-0.05, 0) is 99.4 Å². The highest BCUT2D eigenvalue weighted by atomic mass is 16.5. The molecule has 43 heavy (non-hydrogen) atoms. The number of nitrogens with one attached hydrogen (secondary N) is 2. The predicted octanol–water partition coefficient (Wildman–Crippen LogP) is 4.16. The molecule has 234 valence electrons. The number of aliphatic carboxylic acids is 1. The molecule has 0 radical (unpaired) electrons. The number of carbonyl (C=O) groups excluding carboxylic acids is 1. The summed E-state index contributed by atoms with van der Waals surface area (Å²) in [4.78, 5) is 27.5. The highest BCUT2D eigenvalue weighted by Crippen LogP contribution is 2.44. The van der Waals surface area contributed by atoms with E-state index in [9.17, 15) is 19.8 Å². The molecule has 1 aliphatic carbocycles. The number of ketones is 1. The number of allylic oxidation sites excluding steroid dienone is 2. The van der Waals surface area contributed by atoms with Crippen molar-refractivity contribution < 1.29 is 34.4 Å². The molecule has 11 nitrogen and oxygen atoms in total. The molecule has 1 aliphatic rings. The fourth-order valence-corrected chi connectivity index (χ4v) is 5.49. The molecule has 2 aromatic carbocycles. The number of methoxy groups -OCH3 is 1. The number of hydrogen-bond acceptors (Lipinski definition) is 8. The highest BCUT2D eigenvalue weighted by Gasteiger charge is 2.41. The topological polar surface area (TPSA) is 176 Å². The molecule has 0 amide bonds. The quantitative estimate of drug-likeness (QED) is 0.0714. The Kier molecular flexibility index (Phi) is 12.2. The monoisotopic (exact) mass is 596 g/mol. The van der Waals surface area contributed by atoms with E-state index in [1.54, 1.807) is 36.4 Å². The van der Waals surface area contributed by atoms with Gasteiger partial charge in [0.25, 0.3) is 0 Å². The molecule has 2 aromatic rings. The summed E-state index contributed by atoms with van der Waals surface area (Å²) in [6.45, 7) is 0.545. The minimum atomic E-state index is -0.808. The first-order chi connectivity index (χ1) is 20.6. The number of likely N-dealkylation sites (N-methyl/N-ethyl adjacent to an activating group) is 1. The number of guanidine groups is 1. The maximum absolute atomic E-state index is 12.5. The number of benzene rings is 2. The van der Waals surface area contributed by atoms with E-state index in [1.165, 1.54) is 14.2 Å². The van der Waals surface area contributed by atoms with Crippen LogP contribution in [0.25, 0.3) is 0 Å². The van der Waals surface area contributed by atoms with Gasteiger partial charge in [-0.2, -0.15) is 0 Å². The highest BCUT2D eigenvalue weighted by molar-refractivity contribution is 5.94. The summed E-state index contributed by atoms with van der Waals surface area (Å²) in [5, 5.41) is 36.1. The number of rotatable bonds is 16. The van der Waals surface area contributed by atoms with Gasteiger partial charge < -0.3 is 41.2 Å². The Balaban J connectivity index is 1.69. The van der Waals surface area contributed by atoms with Crippen molar-refractivity contribution in [2.75, 3.05) is 33.1 Å². The second-order valence-electron chi connectivity index (χ2n) is 11.0. The Morgan fingerprint density at radius 2 is 1.91 bits per heavy atom. The third-order valence-electron chi connectivity index (χ3n) is 7.71. The van der Waals surface area contributed by atoms with Gasteiger partial charge in [-0.25, -0.2) is 0 Å². The lowest BCUT2D eigenvalue weighted by atomic mass is 9.96. The molecule has 0 aliphatic heterocycles. The molecule has 1 saturated carbocycles. The first kappa shape index (κ1) is 33.3. The Labute approximate surface area is 252 Å². The molecule has 1 fully saturated rings. The summed E-state index contributed by atoms with van der Waals surface area (Å²) in [6.07, 6.45) is 8.36. The molecule has 0 unspecified atom stereocenters. The van der Waals surface area contributed by atoms with E-state index < -0.39 is 11.6 Å². The largest absolute Gasteiger partial charge is 0.504 e. The van der Waals surface area contributed by atoms with E-state index in [-0.39, 0.29) is 35.6 Å². The van der Waals surface area contributed by atoms with Crippen molar-refractivity contribution in [3.05, 3.63) is 53.6 Å². The van der Waals surface area contributed by atoms with Crippen molar-refractivity contribution >= 4 is 23.4 Å². The van der Waals surface area contributed by atoms with Crippen molar-refractivity contribution in [3.63, 3.8) is 0 Å². The molecular formula is C32H44N4O7. The lowest BCUT2D eigenvalue weighted by Gasteiger charge is -2.31. The van der Waals surface area contributed by atoms with Crippen LogP contribution in [0, 0.1) is 5.92 Å². The van der Waals surface area contributed by atoms with E-state index in [0.29, 0.717) is 62.3 Å². The zero-order valence-electron chi connectivity index (χ0n) is 25.2. The summed E-state index contributed by atoms with van der Waals surface area (Å²) < 4.78 is 11.7. The van der Waals surface area contributed by atoms with Crippen LogP contribution >= 0.6 is 0 Å². The number of carboxylic acids is 1. The number of aryl methyl sites for hydroxylation is 2. The van der Waals surface area contributed by atoms with Crippen molar-refractivity contribution in [1.82, 2.24) is 5.32 Å². The molecule has 0 heterocycles. The molecule has 0 bridgehead atoms. The molecule has 2 atom stereocenters. The van der Waals surface area contributed by atoms with Crippen molar-refractivity contribution in [3.8, 4) is 23.0 Å². The Morgan fingerprint density at radius 1 is 1.14 bits per heavy atom. The van der Waals surface area contributed by atoms with Crippen LogP contribution in [0.3, 0.4) is 0 Å². The number of anilines is 1. The summed E-state index contributed by atoms with van der Waals surface area (Å²) in [5.74, 6) is 0.188. The standard InChI is InChI=1S/C32H44N4O7/c1-34-20-32(15-14-22(19-32)10-13-29(39)40)43-28-18-23(16-25(30(28)41)36-31(33)35-2)6-4-5-7-24(37)11-8-21-9-12-26(38)27(17-21)42-3/h5,7,9,12,16-18,22,34,38,41H,4,6,8,10-11,13-15,19-20H2,1-3H3,(H,39,40)(H3,33,35,36)/b7-5+/t22-,32+/m0/s1. The summed E-state index contributed by atoms with van der Waals surface area (Å²) in [5.41, 5.74) is 7.43. The van der Waals surface area contributed by atoms with Crippen LogP contribution < -0.4 is 25.8 Å². The lowest BCUT2D eigenvalue weighted by Crippen LogP contribution is -2.42. The molecule has 0 spiro atoms. The van der Waals surface area contributed by atoms with Gasteiger partial charge in [0, 0.05) is 26.4 Å². The zero-order valence-corrected chi connectivity index (χ0v) is 25.2. The van der Waals surface area contributed by atoms with Gasteiger partial charge in [0.2, 0.25) is 0 Å². The smallest absolute Gasteiger partial charge is 0.303 e. The van der Waals surface area contributed by atoms with Gasteiger partial charge in [0.15, 0.2) is 34.7 Å². The number of hydrogen-bond donors (Lipinski definition) is 6. The van der Waals surface area contributed by atoms with Gasteiger partial charge in [0.05, 0.1) is 12.8 Å². The van der Waals surface area contributed by atoms with Gasteiger partial charge in [-0.1, -0.05) is 12.1 Å². The second-order valence-corrected chi connectivity index (χ2v) is 11.0. The van der Waals surface area contributed by atoms with Gasteiger partial charge in [0.1, 0.15) is 5.60 Å². The van der Waals surface area contributed by atoms with E-state index in [0.717, 1.165) is 24.0 Å². The minimum Gasteiger partial charge on any atom is -0.504 e. The zero-order chi connectivity index (χ0) is 31.4. The molecule has 3 rings (SSSR count). The van der Waals surface area contributed by atoms with Crippen LogP contribution in [-0.4, -0.2) is 66.4 Å². The summed E-state index contributed by atoms with van der Waals surface area (Å²) in [7, 11) is 4.86. The second kappa shape index (κ2) is 15.8. The van der Waals surface area contributed by atoms with Gasteiger partial charge in [-0.3, -0.25) is 14.6 Å². The predicted molar refractivity (Wildman–Crippen MR) is 166 cm³/mol. The fraction of sp³-hybridized carbons (Fsp3) is 0.469. The molecule has 0 saturated heterocycles. The van der Waals surface area contributed by atoms with Crippen molar-refractivity contribution in [2.45, 2.75) is 63.4 Å². The number of nitrogens with two attached hydrogens (primary N) is 1. The maximum atomic E-state index is 12.5. The van der Waals surface area contributed by atoms with Crippen LogP contribution in [0.15, 0.2) is 47.5 Å². The average Bonchev–Trinajstić information content (AvgIpc) is 3.38. The van der Waals surface area contributed by atoms with E-state index in [1.807, 2.05) is 13.1 Å². The van der Waals surface area contributed by atoms with E-state index in [4.69, 9.17) is 20.3 Å². The van der Waals surface area contributed by atoms with Crippen LogP contribution in [0.4, 0.5) is 5.69 Å². The van der Waals surface area contributed by atoms with Gasteiger partial charge >= 0.3 is 5.97 Å². The summed E-state index contributed by atoms with van der Waals surface area (Å²) in [6, 6.07) is 8.63. The van der Waals surface area contributed by atoms with Crippen LogP contribution in [0.1, 0.15) is 56.1 Å². The van der Waals surface area contributed by atoms with Gasteiger partial charge in [-0.15, -0.1) is 0 Å². The van der Waals surface area contributed by atoms with Crippen LogP contribution in [0.5, 0.6) is 23.0 Å². The minimum absolute atomic E-state index is 0.0104. The Hall–Kier alpha value is -4.25. The number of carboxylic acid groups (broad SMARTS) is 1. The first-order valence-corrected chi connectivity index (χ1v) is 14.5. The number of ether oxygens (including phenoxy) is 2. The molecular weight excluding hydrogens is 552 g/mol. The molecule has 11 heteroatoms. The van der Waals surface area contributed by atoms with Crippen LogP contribution in [0.2, 0.25) is 0 Å². The number of phenols is 2. The average molecular weight is 597 g/mol. The third kappa shape index (κ3) is 9.92. The third-order valence-corrected chi connectivity index (χ3v) is 7.71. The Morgan fingerprint density at radius 3 is 2.60 bits per heavy atom. The number of nitrogens with zero attached hydrogens (tertiary/aromatic N) is 1. The number of aromatic hydroxyl groups is 2. The normalized spacial score (nSPS) is 18.6. The summed E-state index contributed by atoms with van der Waals surface area (Å²) >= 11 is 0. The first-order valence-electron chi connectivity index (χ1n) is 14.5. The number of carbonyl (C=O) groups is 2.